The summed E-state index contributed by atoms with van der Waals surface area (Å²) in [6.07, 6.45) is 76.8. The van der Waals surface area contributed by atoms with Gasteiger partial charge in [-0.05, 0) is 135 Å². The van der Waals surface area contributed by atoms with Crippen LogP contribution >= 0.6 is 7.82 Å². The molecule has 3 unspecified atom stereocenters. The summed E-state index contributed by atoms with van der Waals surface area (Å²) >= 11 is 0. The zero-order valence-corrected chi connectivity index (χ0v) is 51.1. The van der Waals surface area contributed by atoms with E-state index in [0.29, 0.717) is 19.3 Å². The van der Waals surface area contributed by atoms with E-state index >= 15 is 0 Å². The van der Waals surface area contributed by atoms with Crippen LogP contribution in [0.2, 0.25) is 0 Å². The van der Waals surface area contributed by atoms with Gasteiger partial charge in [0.05, 0.1) is 19.8 Å². The van der Waals surface area contributed by atoms with Crippen molar-refractivity contribution in [3.8, 4) is 0 Å². The second kappa shape index (κ2) is 60.7. The number of ether oxygens (including phenoxy) is 3. The minimum Gasteiger partial charge on any atom is -0.462 e. The highest BCUT2D eigenvalue weighted by Crippen LogP contribution is 2.43. The first-order valence-corrected chi connectivity index (χ1v) is 32.6. The number of hydrogen-bond acceptors (Lipinski definition) is 10. The van der Waals surface area contributed by atoms with Crippen molar-refractivity contribution < 1.29 is 52.2 Å². The lowest BCUT2D eigenvalue weighted by atomic mass is 10.1. The van der Waals surface area contributed by atoms with Crippen LogP contribution in [0.25, 0.3) is 0 Å². The summed E-state index contributed by atoms with van der Waals surface area (Å²) in [5.74, 6) is -1.54. The molecule has 3 atom stereocenters. The summed E-state index contributed by atoms with van der Waals surface area (Å²) in [5, 5.41) is 9.85. The Labute approximate surface area is 487 Å². The number of unbranched alkanes of at least 4 members (excludes halogenated alkanes) is 17. The molecule has 0 aliphatic rings. The second-order valence-corrected chi connectivity index (χ2v) is 21.6. The number of phosphoric ester groups is 1. The monoisotopic (exact) mass is 1130 g/mol. The normalized spacial score (nSPS) is 14.2. The molecule has 0 radical (unpaired) electrons. The van der Waals surface area contributed by atoms with Gasteiger partial charge in [0.15, 0.2) is 6.10 Å². The maximum atomic E-state index is 12.9. The lowest BCUT2D eigenvalue weighted by molar-refractivity contribution is -0.161. The number of carbonyl (C=O) groups excluding carboxylic acids is 3. The van der Waals surface area contributed by atoms with Crippen LogP contribution in [0.15, 0.2) is 134 Å². The van der Waals surface area contributed by atoms with Crippen LogP contribution in [-0.4, -0.2) is 66.5 Å². The first-order valence-electron chi connectivity index (χ1n) is 31.1. The Kier molecular flexibility index (Phi) is 57.4. The van der Waals surface area contributed by atoms with Crippen LogP contribution in [0.5, 0.6) is 0 Å². The van der Waals surface area contributed by atoms with Crippen LogP contribution < -0.4 is 0 Å². The SMILES string of the molecule is CC/C=C\C/C=C\C/C=C\C/C=C\C/C=C\CCCCCC(=O)OC(COC(=O)CCCCCCC/C=C\C/C=C\CCCCC)COP(=O)(O)OCC(CO)OC(=O)CCCCCCCC/C=C\C/C=C\C/C=C\C/C=C\CC. The standard InChI is InChI=1S/C68H111O11P/c1-4-7-10-13-16-19-22-25-28-30-32-34-37-40-43-46-49-52-55-58-67(71)78-64(60-69)62-76-80(73,74)77-63-65(61-75-66(70)57-54-51-48-45-42-39-36-27-24-21-18-15-12-9-6-3)79-68(72)59-56-53-50-47-44-41-38-35-33-31-29-26-23-20-17-14-11-8-5-2/h7-8,10-11,16-21,25-29,32-36,41,44,64-65,69H,4-6,9,12-15,22-24,30-31,37-40,42-43,45-63H2,1-3H3,(H,73,74)/b10-7-,11-8-,19-16-,20-17-,21-18-,28-25-,29-26-,34-32-,35-33-,36-27-,44-41-. The smallest absolute Gasteiger partial charge is 0.462 e. The van der Waals surface area contributed by atoms with E-state index in [1.807, 2.05) is 0 Å². The van der Waals surface area contributed by atoms with Crippen molar-refractivity contribution in [1.29, 1.82) is 0 Å². The molecule has 11 nitrogen and oxygen atoms in total. The quantitative estimate of drug-likeness (QED) is 0.0197. The molecule has 0 rings (SSSR count). The molecular formula is C68H111O11P. The Morgan fingerprint density at radius 2 is 0.650 bits per heavy atom. The van der Waals surface area contributed by atoms with Crippen LogP contribution in [0, 0.1) is 0 Å². The Bertz CT molecular complexity index is 1850. The van der Waals surface area contributed by atoms with E-state index in [-0.39, 0.29) is 25.9 Å². The first kappa shape index (κ1) is 75.6. The van der Waals surface area contributed by atoms with E-state index in [4.69, 9.17) is 23.3 Å². The number of hydrogen-bond donors (Lipinski definition) is 2. The third-order valence-corrected chi connectivity index (χ3v) is 13.5. The predicted octanol–water partition coefficient (Wildman–Crippen LogP) is 18.9. The van der Waals surface area contributed by atoms with Crippen molar-refractivity contribution in [2.45, 2.75) is 251 Å². The largest absolute Gasteiger partial charge is 0.472 e. The molecule has 0 amide bonds. The Morgan fingerprint density at radius 3 is 1.01 bits per heavy atom. The van der Waals surface area contributed by atoms with Crippen molar-refractivity contribution in [3.63, 3.8) is 0 Å². The van der Waals surface area contributed by atoms with Crippen molar-refractivity contribution in [3.05, 3.63) is 134 Å². The zero-order chi connectivity index (χ0) is 58.3. The van der Waals surface area contributed by atoms with Gasteiger partial charge < -0.3 is 24.2 Å². The molecule has 0 aromatic carbocycles. The summed E-state index contributed by atoms with van der Waals surface area (Å²) in [4.78, 5) is 48.7. The third kappa shape index (κ3) is 58.3. The molecule has 12 heteroatoms. The van der Waals surface area contributed by atoms with Gasteiger partial charge in [0.2, 0.25) is 0 Å². The Morgan fingerprint density at radius 1 is 0.362 bits per heavy atom. The molecule has 0 bridgehead atoms. The number of carbonyl (C=O) groups is 3. The fourth-order valence-corrected chi connectivity index (χ4v) is 8.66. The molecule has 2 N–H and O–H groups in total. The van der Waals surface area contributed by atoms with Crippen molar-refractivity contribution in [2.24, 2.45) is 0 Å². The number of allylic oxidation sites excluding steroid dienone is 22. The predicted molar refractivity (Wildman–Crippen MR) is 334 cm³/mol. The van der Waals surface area contributed by atoms with Gasteiger partial charge in [0.25, 0.3) is 0 Å². The van der Waals surface area contributed by atoms with Crippen LogP contribution in [0.4, 0.5) is 0 Å². The molecule has 0 saturated carbocycles. The summed E-state index contributed by atoms with van der Waals surface area (Å²) in [6.45, 7) is 4.32. The molecule has 0 aliphatic carbocycles. The van der Waals surface area contributed by atoms with Gasteiger partial charge >= 0.3 is 25.7 Å². The van der Waals surface area contributed by atoms with Gasteiger partial charge in [-0.2, -0.15) is 0 Å². The second-order valence-electron chi connectivity index (χ2n) is 20.1. The molecule has 0 saturated heterocycles. The topological polar surface area (TPSA) is 155 Å². The first-order chi connectivity index (χ1) is 39.2. The molecular weight excluding hydrogens is 1020 g/mol. The minimum absolute atomic E-state index is 0.117. The van der Waals surface area contributed by atoms with Gasteiger partial charge in [-0.1, -0.05) is 219 Å². The van der Waals surface area contributed by atoms with Crippen molar-refractivity contribution in [2.75, 3.05) is 26.4 Å². The highest BCUT2D eigenvalue weighted by atomic mass is 31.2. The maximum Gasteiger partial charge on any atom is 0.472 e. The number of aliphatic hydroxyl groups is 1. The van der Waals surface area contributed by atoms with Gasteiger partial charge in [-0.25, -0.2) is 4.57 Å². The lowest BCUT2D eigenvalue weighted by Crippen LogP contribution is -2.30. The summed E-state index contributed by atoms with van der Waals surface area (Å²) in [6, 6.07) is 0. The molecule has 454 valence electrons. The number of esters is 3. The Balaban J connectivity index is 4.80. The molecule has 0 aromatic rings. The summed E-state index contributed by atoms with van der Waals surface area (Å²) < 4.78 is 39.6. The van der Waals surface area contributed by atoms with E-state index in [2.05, 4.69) is 154 Å². The van der Waals surface area contributed by atoms with Gasteiger partial charge in [-0.15, -0.1) is 0 Å². The molecule has 80 heavy (non-hydrogen) atoms. The average Bonchev–Trinajstić information content (AvgIpc) is 3.45. The van der Waals surface area contributed by atoms with E-state index in [0.717, 1.165) is 161 Å². The molecule has 0 spiro atoms. The van der Waals surface area contributed by atoms with Gasteiger partial charge in [0, 0.05) is 19.3 Å². The lowest BCUT2D eigenvalue weighted by Gasteiger charge is -2.21. The van der Waals surface area contributed by atoms with Crippen LogP contribution in [0.3, 0.4) is 0 Å². The van der Waals surface area contributed by atoms with E-state index in [1.165, 1.54) is 19.3 Å². The van der Waals surface area contributed by atoms with Crippen LogP contribution in [-0.2, 0) is 42.2 Å². The van der Waals surface area contributed by atoms with E-state index < -0.39 is 57.8 Å². The summed E-state index contributed by atoms with van der Waals surface area (Å²) in [7, 11) is -4.78. The summed E-state index contributed by atoms with van der Waals surface area (Å²) in [5.41, 5.74) is 0. The minimum atomic E-state index is -4.78. The van der Waals surface area contributed by atoms with Crippen LogP contribution in [0.1, 0.15) is 239 Å². The number of phosphoric acid groups is 1. The third-order valence-electron chi connectivity index (χ3n) is 12.5. The average molecular weight is 1140 g/mol. The number of aliphatic hydroxyl groups excluding tert-OH is 1. The zero-order valence-electron chi connectivity index (χ0n) is 50.2. The van der Waals surface area contributed by atoms with Crippen molar-refractivity contribution >= 4 is 25.7 Å². The maximum absolute atomic E-state index is 12.9. The molecule has 0 aliphatic heterocycles. The van der Waals surface area contributed by atoms with Crippen molar-refractivity contribution in [1.82, 2.24) is 0 Å². The number of rotatable bonds is 56. The molecule has 0 aromatic heterocycles. The van der Waals surface area contributed by atoms with Gasteiger partial charge in [-0.3, -0.25) is 23.4 Å². The van der Waals surface area contributed by atoms with E-state index in [9.17, 15) is 28.9 Å². The fraction of sp³-hybridized carbons (Fsp3) is 0.632. The molecule has 0 fully saturated rings. The van der Waals surface area contributed by atoms with Gasteiger partial charge in [0.1, 0.15) is 12.7 Å². The Hall–Kier alpha value is -4.38. The molecule has 0 heterocycles. The highest BCUT2D eigenvalue weighted by Gasteiger charge is 2.28. The van der Waals surface area contributed by atoms with E-state index in [1.54, 1.807) is 0 Å². The fourth-order valence-electron chi connectivity index (χ4n) is 7.87. The highest BCUT2D eigenvalue weighted by molar-refractivity contribution is 7.47.